The third-order valence-electron chi connectivity index (χ3n) is 6.51. The monoisotopic (exact) mass is 525 g/mol. The van der Waals surface area contributed by atoms with Gasteiger partial charge >= 0.3 is 5.97 Å². The summed E-state index contributed by atoms with van der Waals surface area (Å²) in [6.07, 6.45) is 2.45. The zero-order valence-corrected chi connectivity index (χ0v) is 21.2. The summed E-state index contributed by atoms with van der Waals surface area (Å²) in [5.41, 5.74) is 3.21. The third-order valence-corrected chi connectivity index (χ3v) is 8.41. The Balaban J connectivity index is 1.29. The smallest absolute Gasteiger partial charge is 0.339 e. The molecule has 1 aromatic heterocycles. The van der Waals surface area contributed by atoms with Gasteiger partial charge in [-0.2, -0.15) is 4.31 Å². The van der Waals surface area contributed by atoms with Gasteiger partial charge in [-0.25, -0.2) is 13.2 Å². The Morgan fingerprint density at radius 3 is 2.68 bits per heavy atom. The van der Waals surface area contributed by atoms with E-state index in [0.717, 1.165) is 36.0 Å². The highest BCUT2D eigenvalue weighted by Crippen LogP contribution is 2.31. The average molecular weight is 526 g/mol. The Morgan fingerprint density at radius 1 is 1.11 bits per heavy atom. The van der Waals surface area contributed by atoms with Crippen LogP contribution in [0.2, 0.25) is 0 Å². The van der Waals surface area contributed by atoms with Gasteiger partial charge in [-0.3, -0.25) is 9.78 Å². The largest absolute Gasteiger partial charge is 0.495 e. The van der Waals surface area contributed by atoms with Crippen LogP contribution >= 0.6 is 0 Å². The van der Waals surface area contributed by atoms with Crippen LogP contribution in [-0.4, -0.2) is 69.6 Å². The lowest BCUT2D eigenvalue weighted by molar-refractivity contribution is -0.119. The maximum Gasteiger partial charge on any atom is 0.339 e. The third kappa shape index (κ3) is 5.02. The molecule has 0 spiro atoms. The molecule has 5 rings (SSSR count). The molecule has 0 radical (unpaired) electrons. The lowest BCUT2D eigenvalue weighted by Gasteiger charge is -2.26. The van der Waals surface area contributed by atoms with Crippen molar-refractivity contribution in [1.29, 1.82) is 0 Å². The topological polar surface area (TPSA) is 124 Å². The SMILES string of the molecule is COc1cc(S(=O)(=O)N2CCOCC2)ccc1NC(=O)COC(=O)c1c2c(nc3ccccc13)CCC2. The molecule has 0 bridgehead atoms. The number of sulfonamides is 1. The van der Waals surface area contributed by atoms with Crippen LogP contribution in [0, 0.1) is 0 Å². The van der Waals surface area contributed by atoms with Gasteiger partial charge in [0.2, 0.25) is 10.0 Å². The molecule has 1 amide bonds. The van der Waals surface area contributed by atoms with Crippen molar-refractivity contribution in [2.75, 3.05) is 45.3 Å². The molecular formula is C26H27N3O7S. The summed E-state index contributed by atoms with van der Waals surface area (Å²) in [4.78, 5) is 30.4. The number of amides is 1. The van der Waals surface area contributed by atoms with Gasteiger partial charge in [0.05, 0.1) is 42.0 Å². The van der Waals surface area contributed by atoms with Crippen molar-refractivity contribution >= 4 is 38.5 Å². The highest BCUT2D eigenvalue weighted by atomic mass is 32.2. The lowest BCUT2D eigenvalue weighted by Crippen LogP contribution is -2.40. The molecule has 2 aliphatic rings. The molecule has 0 unspecified atom stereocenters. The Hall–Kier alpha value is -3.54. The van der Waals surface area contributed by atoms with E-state index in [1.54, 1.807) is 0 Å². The van der Waals surface area contributed by atoms with Crippen LogP contribution in [0.25, 0.3) is 10.9 Å². The number of carbonyl (C=O) groups excluding carboxylic acids is 2. The summed E-state index contributed by atoms with van der Waals surface area (Å²) >= 11 is 0. The standard InChI is InChI=1S/C26H27N3O7S/c1-34-23-15-17(37(32,33)29-11-13-35-14-12-29)9-10-22(23)28-24(30)16-36-26(31)25-18-5-2-3-7-20(18)27-21-8-4-6-19(21)25/h2-3,5,7,9-10,15H,4,6,8,11-14,16H2,1H3,(H,28,30). The van der Waals surface area contributed by atoms with Crippen LogP contribution in [0.5, 0.6) is 5.75 Å². The lowest BCUT2D eigenvalue weighted by atomic mass is 10.0. The molecule has 1 N–H and O–H groups in total. The van der Waals surface area contributed by atoms with Crippen molar-refractivity contribution in [2.24, 2.45) is 0 Å². The number of anilines is 1. The summed E-state index contributed by atoms with van der Waals surface area (Å²) in [5.74, 6) is -0.983. The Bertz CT molecular complexity index is 1470. The molecule has 1 saturated heterocycles. The van der Waals surface area contributed by atoms with E-state index < -0.39 is 28.5 Å². The number of nitrogens with one attached hydrogen (secondary N) is 1. The van der Waals surface area contributed by atoms with E-state index in [4.69, 9.17) is 14.2 Å². The highest BCUT2D eigenvalue weighted by Gasteiger charge is 2.28. The summed E-state index contributed by atoms with van der Waals surface area (Å²) < 4.78 is 43.2. The molecule has 194 valence electrons. The molecule has 3 aromatic rings. The number of hydrogen-bond acceptors (Lipinski definition) is 8. The molecule has 1 aliphatic carbocycles. The minimum atomic E-state index is -3.73. The quantitative estimate of drug-likeness (QED) is 0.467. The number of para-hydroxylation sites is 1. The maximum absolute atomic E-state index is 13.1. The molecule has 0 saturated carbocycles. The maximum atomic E-state index is 13.1. The number of hydrogen-bond donors (Lipinski definition) is 1. The van der Waals surface area contributed by atoms with Crippen molar-refractivity contribution in [3.63, 3.8) is 0 Å². The van der Waals surface area contributed by atoms with Gasteiger partial charge < -0.3 is 19.5 Å². The Labute approximate surface area is 214 Å². The van der Waals surface area contributed by atoms with Gasteiger partial charge in [-0.1, -0.05) is 18.2 Å². The number of morpholine rings is 1. The van der Waals surface area contributed by atoms with E-state index in [1.165, 1.54) is 29.6 Å². The Morgan fingerprint density at radius 2 is 1.89 bits per heavy atom. The van der Waals surface area contributed by atoms with Crippen molar-refractivity contribution in [2.45, 2.75) is 24.2 Å². The number of pyridine rings is 1. The van der Waals surface area contributed by atoms with Gasteiger partial charge in [0.25, 0.3) is 5.91 Å². The van der Waals surface area contributed by atoms with Gasteiger partial charge in [-0.15, -0.1) is 0 Å². The van der Waals surface area contributed by atoms with Gasteiger partial charge in [0, 0.05) is 30.2 Å². The number of nitrogens with zero attached hydrogens (tertiary/aromatic N) is 2. The van der Waals surface area contributed by atoms with E-state index in [-0.39, 0.29) is 29.4 Å². The summed E-state index contributed by atoms with van der Waals surface area (Å²) in [6, 6.07) is 11.6. The number of rotatable bonds is 7. The molecule has 11 heteroatoms. The fourth-order valence-corrected chi connectivity index (χ4v) is 6.13. The van der Waals surface area contributed by atoms with Crippen LogP contribution in [0.15, 0.2) is 47.4 Å². The molecule has 0 atom stereocenters. The van der Waals surface area contributed by atoms with Crippen LogP contribution in [0.1, 0.15) is 28.0 Å². The first-order valence-corrected chi connectivity index (χ1v) is 13.5. The van der Waals surface area contributed by atoms with Crippen molar-refractivity contribution in [3.8, 4) is 5.75 Å². The average Bonchev–Trinajstić information content (AvgIpc) is 3.39. The van der Waals surface area contributed by atoms with E-state index in [1.807, 2.05) is 24.3 Å². The second-order valence-corrected chi connectivity index (χ2v) is 10.7. The number of aryl methyl sites for hydroxylation is 1. The zero-order chi connectivity index (χ0) is 26.0. The molecule has 37 heavy (non-hydrogen) atoms. The summed E-state index contributed by atoms with van der Waals surface area (Å²) in [7, 11) is -2.35. The van der Waals surface area contributed by atoms with E-state index >= 15 is 0 Å². The molecule has 2 heterocycles. The molecule has 1 aliphatic heterocycles. The second-order valence-electron chi connectivity index (χ2n) is 8.79. The number of benzene rings is 2. The number of methoxy groups -OCH3 is 1. The first kappa shape index (κ1) is 25.1. The van der Waals surface area contributed by atoms with Gasteiger partial charge in [-0.05, 0) is 43.0 Å². The molecular weight excluding hydrogens is 498 g/mol. The fraction of sp³-hybridized carbons (Fsp3) is 0.346. The fourth-order valence-electron chi connectivity index (χ4n) is 4.70. The first-order chi connectivity index (χ1) is 17.9. The normalized spacial score (nSPS) is 15.8. The first-order valence-electron chi connectivity index (χ1n) is 12.0. The highest BCUT2D eigenvalue weighted by molar-refractivity contribution is 7.89. The predicted octanol–water partition coefficient (Wildman–Crippen LogP) is 2.55. The number of fused-ring (bicyclic) bond motifs is 2. The summed E-state index contributed by atoms with van der Waals surface area (Å²) in [5, 5.41) is 3.34. The predicted molar refractivity (Wildman–Crippen MR) is 135 cm³/mol. The van der Waals surface area contributed by atoms with Crippen molar-refractivity contribution < 1.29 is 32.2 Å². The van der Waals surface area contributed by atoms with E-state index in [9.17, 15) is 18.0 Å². The van der Waals surface area contributed by atoms with Crippen LogP contribution in [-0.2, 0) is 37.1 Å². The van der Waals surface area contributed by atoms with Gasteiger partial charge in [0.1, 0.15) is 5.75 Å². The van der Waals surface area contributed by atoms with Crippen LogP contribution < -0.4 is 10.1 Å². The number of esters is 1. The number of aromatic nitrogens is 1. The second kappa shape index (κ2) is 10.4. The number of ether oxygens (including phenoxy) is 3. The molecule has 2 aromatic carbocycles. The number of carbonyl (C=O) groups is 2. The minimum absolute atomic E-state index is 0.0501. The molecule has 10 nitrogen and oxygen atoms in total. The molecule has 1 fully saturated rings. The van der Waals surface area contributed by atoms with Crippen LogP contribution in [0.4, 0.5) is 5.69 Å². The van der Waals surface area contributed by atoms with Crippen LogP contribution in [0.3, 0.4) is 0 Å². The zero-order valence-electron chi connectivity index (χ0n) is 20.4. The van der Waals surface area contributed by atoms with Crippen molar-refractivity contribution in [3.05, 3.63) is 59.3 Å². The Kier molecular flexibility index (Phi) is 7.09. The van der Waals surface area contributed by atoms with E-state index in [0.29, 0.717) is 24.2 Å². The minimum Gasteiger partial charge on any atom is -0.495 e. The summed E-state index contributed by atoms with van der Waals surface area (Å²) in [6.45, 7) is 0.693. The van der Waals surface area contributed by atoms with Crippen molar-refractivity contribution in [1.82, 2.24) is 9.29 Å². The van der Waals surface area contributed by atoms with E-state index in [2.05, 4.69) is 10.3 Å². The van der Waals surface area contributed by atoms with Gasteiger partial charge in [0.15, 0.2) is 6.61 Å².